The largest absolute Gasteiger partial charge is 0.272 e. The van der Waals surface area contributed by atoms with Crippen molar-refractivity contribution in [2.75, 3.05) is 0 Å². The van der Waals surface area contributed by atoms with Crippen LogP contribution in [0.15, 0.2) is 11.6 Å². The van der Waals surface area contributed by atoms with E-state index in [0.717, 1.165) is 5.57 Å². The molecule has 2 rings (SSSR count). The van der Waals surface area contributed by atoms with Crippen molar-refractivity contribution in [3.63, 3.8) is 0 Å². The first kappa shape index (κ1) is 10.7. The molecule has 0 aromatic carbocycles. The number of fused-ring (bicyclic) bond motifs is 1. The molecule has 0 aromatic heterocycles. The summed E-state index contributed by atoms with van der Waals surface area (Å²) in [6, 6.07) is 2.09. The second-order valence-corrected chi connectivity index (χ2v) is 5.82. The third-order valence-corrected chi connectivity index (χ3v) is 5.21. The van der Waals surface area contributed by atoms with Gasteiger partial charge >= 0.3 is 0 Å². The van der Waals surface area contributed by atoms with Crippen LogP contribution in [-0.4, -0.2) is 19.8 Å². The first-order valence-corrected chi connectivity index (χ1v) is 6.45. The molecule has 4 atom stereocenters. The minimum Gasteiger partial charge on any atom is -0.266 e. The highest BCUT2D eigenvalue weighted by molar-refractivity contribution is 7.87. The quantitative estimate of drug-likeness (QED) is 0.461. The summed E-state index contributed by atoms with van der Waals surface area (Å²) in [7, 11) is -3.54. The van der Waals surface area contributed by atoms with Crippen molar-refractivity contribution in [2.45, 2.75) is 31.6 Å². The molecule has 0 amide bonds. The summed E-state index contributed by atoms with van der Waals surface area (Å²) >= 11 is 0. The maximum Gasteiger partial charge on any atom is 0.272 e. The smallest absolute Gasteiger partial charge is 0.266 e. The van der Waals surface area contributed by atoms with Gasteiger partial charge < -0.3 is 0 Å². The third kappa shape index (κ3) is 1.40. The molecule has 0 radical (unpaired) electrons. The molecule has 0 aromatic rings. The van der Waals surface area contributed by atoms with E-state index in [4.69, 9.17) is 9.44 Å². The lowest BCUT2D eigenvalue weighted by Crippen LogP contribution is -2.24. The van der Waals surface area contributed by atoms with E-state index in [-0.39, 0.29) is 12.0 Å². The van der Waals surface area contributed by atoms with Crippen molar-refractivity contribution in [3.05, 3.63) is 11.6 Å². The standard InChI is InChI=1S/C10H13NO3S/c1-3-7-4-8-6(2)14-15(12,13)10(8)9(7)5-11/h3,6,8-10H,4H2,1-2H3/b7-3-. The van der Waals surface area contributed by atoms with Crippen molar-refractivity contribution in [3.8, 4) is 6.07 Å². The molecule has 2 fully saturated rings. The third-order valence-electron chi connectivity index (χ3n) is 3.35. The van der Waals surface area contributed by atoms with Crippen LogP contribution in [0.1, 0.15) is 20.3 Å². The SMILES string of the molecule is C/C=C1/CC2C(C)OS(=O)(=O)C2C1C#N. The van der Waals surface area contributed by atoms with Crippen molar-refractivity contribution < 1.29 is 12.6 Å². The molecule has 4 nitrogen and oxygen atoms in total. The monoisotopic (exact) mass is 227 g/mol. The Bertz CT molecular complexity index is 446. The number of rotatable bonds is 0. The number of nitrogens with zero attached hydrogens (tertiary/aromatic N) is 1. The van der Waals surface area contributed by atoms with Crippen LogP contribution in [-0.2, 0) is 14.3 Å². The van der Waals surface area contributed by atoms with Crippen molar-refractivity contribution in [1.29, 1.82) is 5.26 Å². The minimum atomic E-state index is -3.54. The van der Waals surface area contributed by atoms with E-state index in [9.17, 15) is 8.42 Å². The molecule has 1 aliphatic carbocycles. The Morgan fingerprint density at radius 3 is 2.80 bits per heavy atom. The molecule has 0 spiro atoms. The van der Waals surface area contributed by atoms with Crippen LogP contribution in [0.25, 0.3) is 0 Å². The van der Waals surface area contributed by atoms with Crippen LogP contribution in [0.2, 0.25) is 0 Å². The maximum atomic E-state index is 11.7. The molecule has 1 saturated carbocycles. The van der Waals surface area contributed by atoms with Crippen LogP contribution in [0.4, 0.5) is 0 Å². The van der Waals surface area contributed by atoms with Gasteiger partial charge in [-0.3, -0.25) is 4.18 Å². The zero-order valence-corrected chi connectivity index (χ0v) is 9.49. The Labute approximate surface area is 89.7 Å². The fourth-order valence-electron chi connectivity index (χ4n) is 2.59. The average Bonchev–Trinajstić information content (AvgIpc) is 2.63. The predicted molar refractivity (Wildman–Crippen MR) is 54.2 cm³/mol. The van der Waals surface area contributed by atoms with Crippen LogP contribution >= 0.6 is 0 Å². The lowest BCUT2D eigenvalue weighted by Gasteiger charge is -2.08. The highest BCUT2D eigenvalue weighted by Gasteiger charge is 2.56. The van der Waals surface area contributed by atoms with Gasteiger partial charge in [0.05, 0.1) is 18.1 Å². The molecular weight excluding hydrogens is 214 g/mol. The molecule has 1 saturated heterocycles. The van der Waals surface area contributed by atoms with Gasteiger partial charge in [-0.2, -0.15) is 13.7 Å². The topological polar surface area (TPSA) is 67.2 Å². The van der Waals surface area contributed by atoms with Gasteiger partial charge in [0, 0.05) is 5.92 Å². The van der Waals surface area contributed by atoms with Crippen LogP contribution < -0.4 is 0 Å². The Morgan fingerprint density at radius 1 is 1.60 bits per heavy atom. The highest BCUT2D eigenvalue weighted by Crippen LogP contribution is 2.47. The summed E-state index contributed by atoms with van der Waals surface area (Å²) in [5, 5.41) is 8.37. The molecule has 4 unspecified atom stereocenters. The first-order chi connectivity index (χ1) is 7.01. The summed E-state index contributed by atoms with van der Waals surface area (Å²) in [4.78, 5) is 0. The van der Waals surface area contributed by atoms with E-state index in [1.54, 1.807) is 6.92 Å². The van der Waals surface area contributed by atoms with E-state index in [1.165, 1.54) is 0 Å². The highest BCUT2D eigenvalue weighted by atomic mass is 32.2. The van der Waals surface area contributed by atoms with Gasteiger partial charge in [-0.05, 0) is 20.3 Å². The Hall–Kier alpha value is -0.860. The molecule has 0 bridgehead atoms. The second-order valence-electron chi connectivity index (χ2n) is 4.10. The van der Waals surface area contributed by atoms with Crippen LogP contribution in [0.5, 0.6) is 0 Å². The zero-order valence-electron chi connectivity index (χ0n) is 8.67. The van der Waals surface area contributed by atoms with Gasteiger partial charge in [-0.15, -0.1) is 0 Å². The lowest BCUT2D eigenvalue weighted by molar-refractivity contribution is 0.208. The van der Waals surface area contributed by atoms with Gasteiger partial charge in [-0.25, -0.2) is 0 Å². The van der Waals surface area contributed by atoms with Crippen LogP contribution in [0.3, 0.4) is 0 Å². The molecule has 2 aliphatic rings. The molecule has 1 aliphatic heterocycles. The van der Waals surface area contributed by atoms with Gasteiger partial charge in [-0.1, -0.05) is 11.6 Å². The molecule has 0 N–H and O–H groups in total. The summed E-state index contributed by atoms with van der Waals surface area (Å²) in [6.07, 6.45) is 2.22. The van der Waals surface area contributed by atoms with E-state index >= 15 is 0 Å². The first-order valence-electron chi connectivity index (χ1n) is 4.98. The van der Waals surface area contributed by atoms with E-state index in [0.29, 0.717) is 6.42 Å². The van der Waals surface area contributed by atoms with Gasteiger partial charge in [0.1, 0.15) is 5.25 Å². The average molecular weight is 227 g/mol. The Morgan fingerprint density at radius 2 is 2.27 bits per heavy atom. The number of allylic oxidation sites excluding steroid dienone is 2. The number of hydrogen-bond donors (Lipinski definition) is 0. The summed E-state index contributed by atoms with van der Waals surface area (Å²) < 4.78 is 28.3. The molecule has 15 heavy (non-hydrogen) atoms. The van der Waals surface area contributed by atoms with Crippen molar-refractivity contribution in [2.24, 2.45) is 11.8 Å². The second kappa shape index (κ2) is 3.32. The minimum absolute atomic E-state index is 0.0501. The van der Waals surface area contributed by atoms with Crippen molar-refractivity contribution in [1.82, 2.24) is 0 Å². The Balaban J connectivity index is 2.47. The fourth-order valence-corrected chi connectivity index (χ4v) is 4.60. The molecule has 1 heterocycles. The summed E-state index contributed by atoms with van der Waals surface area (Å²) in [6.45, 7) is 3.61. The molecule has 82 valence electrons. The van der Waals surface area contributed by atoms with Crippen molar-refractivity contribution >= 4 is 10.1 Å². The maximum absolute atomic E-state index is 11.7. The normalized spacial score (nSPS) is 45.3. The van der Waals surface area contributed by atoms with E-state index < -0.39 is 21.3 Å². The lowest BCUT2D eigenvalue weighted by atomic mass is 10.0. The molecule has 5 heteroatoms. The predicted octanol–water partition coefficient (Wildman–Crippen LogP) is 1.21. The van der Waals surface area contributed by atoms with E-state index in [2.05, 4.69) is 6.07 Å². The Kier molecular flexibility index (Phi) is 2.36. The number of hydrogen-bond acceptors (Lipinski definition) is 4. The van der Waals surface area contributed by atoms with Gasteiger partial charge in [0.2, 0.25) is 0 Å². The van der Waals surface area contributed by atoms with Crippen LogP contribution in [0, 0.1) is 23.2 Å². The van der Waals surface area contributed by atoms with Gasteiger partial charge in [0.25, 0.3) is 10.1 Å². The fraction of sp³-hybridized carbons (Fsp3) is 0.700. The zero-order chi connectivity index (χ0) is 11.2. The van der Waals surface area contributed by atoms with Gasteiger partial charge in [0.15, 0.2) is 0 Å². The molecular formula is C10H13NO3S. The van der Waals surface area contributed by atoms with E-state index in [1.807, 2.05) is 13.0 Å². The summed E-state index contributed by atoms with van der Waals surface area (Å²) in [5.74, 6) is -0.569. The summed E-state index contributed by atoms with van der Waals surface area (Å²) in [5.41, 5.74) is 0.936. The number of nitriles is 1.